The van der Waals surface area contributed by atoms with E-state index in [0.29, 0.717) is 11.3 Å². The van der Waals surface area contributed by atoms with E-state index < -0.39 is 0 Å². The van der Waals surface area contributed by atoms with Crippen molar-refractivity contribution in [2.75, 3.05) is 0 Å². The zero-order chi connectivity index (χ0) is 14.1. The molecule has 102 valence electrons. The summed E-state index contributed by atoms with van der Waals surface area (Å²) in [4.78, 5) is 0. The third-order valence-electron chi connectivity index (χ3n) is 3.73. The molecule has 0 heterocycles. The van der Waals surface area contributed by atoms with Gasteiger partial charge in [-0.2, -0.15) is 0 Å². The second-order valence-electron chi connectivity index (χ2n) is 5.30. The molecule has 0 saturated carbocycles. The van der Waals surface area contributed by atoms with Crippen LogP contribution < -0.4 is 10.5 Å². The van der Waals surface area contributed by atoms with Gasteiger partial charge in [0.2, 0.25) is 0 Å². The van der Waals surface area contributed by atoms with Gasteiger partial charge in [-0.1, -0.05) is 12.1 Å². The number of nitrogens with one attached hydrogen (secondary N) is 1. The molecule has 3 rings (SSSR count). The lowest BCUT2D eigenvalue weighted by Gasteiger charge is -2.12. The molecule has 0 amide bonds. The van der Waals surface area contributed by atoms with Gasteiger partial charge in [-0.3, -0.25) is 5.41 Å². The van der Waals surface area contributed by atoms with Crippen molar-refractivity contribution in [3.05, 3.63) is 58.7 Å². The molecule has 3 heteroatoms. The van der Waals surface area contributed by atoms with E-state index >= 15 is 0 Å². The van der Waals surface area contributed by atoms with Crippen molar-refractivity contribution in [3.8, 4) is 11.5 Å². The van der Waals surface area contributed by atoms with E-state index in [1.165, 1.54) is 24.0 Å². The van der Waals surface area contributed by atoms with Crippen LogP contribution >= 0.6 is 0 Å². The summed E-state index contributed by atoms with van der Waals surface area (Å²) in [6.45, 7) is 2.00. The van der Waals surface area contributed by atoms with Crippen LogP contribution in [0.4, 0.5) is 0 Å². The summed E-state index contributed by atoms with van der Waals surface area (Å²) in [7, 11) is 0. The first kappa shape index (κ1) is 12.7. The number of benzene rings is 2. The predicted molar refractivity (Wildman–Crippen MR) is 80.7 cm³/mol. The number of amidine groups is 1. The standard InChI is InChI=1S/C17H18N2O/c1-11-5-8-15(17(18)19)16(9-11)20-14-7-6-12-3-2-4-13(12)10-14/h5-10H,2-4H2,1H3,(H3,18,19). The minimum atomic E-state index is 0.0289. The van der Waals surface area contributed by atoms with Crippen LogP contribution in [0.5, 0.6) is 11.5 Å². The average molecular weight is 266 g/mol. The summed E-state index contributed by atoms with van der Waals surface area (Å²) in [6.07, 6.45) is 3.51. The Morgan fingerprint density at radius 2 is 1.90 bits per heavy atom. The number of hydrogen-bond donors (Lipinski definition) is 2. The van der Waals surface area contributed by atoms with E-state index in [4.69, 9.17) is 15.9 Å². The van der Waals surface area contributed by atoms with E-state index in [-0.39, 0.29) is 5.84 Å². The zero-order valence-corrected chi connectivity index (χ0v) is 11.6. The zero-order valence-electron chi connectivity index (χ0n) is 11.6. The fourth-order valence-corrected chi connectivity index (χ4v) is 2.68. The van der Waals surface area contributed by atoms with Crippen molar-refractivity contribution in [2.45, 2.75) is 26.2 Å². The first-order valence-electron chi connectivity index (χ1n) is 6.88. The van der Waals surface area contributed by atoms with Gasteiger partial charge in [0.05, 0.1) is 5.56 Å². The number of hydrogen-bond acceptors (Lipinski definition) is 2. The molecule has 0 atom stereocenters. The van der Waals surface area contributed by atoms with Gasteiger partial charge in [-0.05, 0) is 67.1 Å². The number of ether oxygens (including phenoxy) is 1. The Labute approximate surface area is 118 Å². The molecule has 0 unspecified atom stereocenters. The molecule has 3 nitrogen and oxygen atoms in total. The fourth-order valence-electron chi connectivity index (χ4n) is 2.68. The van der Waals surface area contributed by atoms with Gasteiger partial charge in [0.25, 0.3) is 0 Å². The molecule has 0 aromatic heterocycles. The SMILES string of the molecule is Cc1ccc(C(=N)N)c(Oc2ccc3c(c2)CCC3)c1. The Morgan fingerprint density at radius 1 is 1.10 bits per heavy atom. The quantitative estimate of drug-likeness (QED) is 0.659. The molecule has 1 aliphatic carbocycles. The monoisotopic (exact) mass is 266 g/mol. The highest BCUT2D eigenvalue weighted by Crippen LogP contribution is 2.30. The Balaban J connectivity index is 1.95. The number of fused-ring (bicyclic) bond motifs is 1. The molecule has 0 saturated heterocycles. The van der Waals surface area contributed by atoms with E-state index in [1.54, 1.807) is 0 Å². The lowest BCUT2D eigenvalue weighted by molar-refractivity contribution is 0.480. The van der Waals surface area contributed by atoms with Crippen LogP contribution in [0.1, 0.15) is 28.7 Å². The van der Waals surface area contributed by atoms with Gasteiger partial charge >= 0.3 is 0 Å². The van der Waals surface area contributed by atoms with E-state index in [1.807, 2.05) is 31.2 Å². The fraction of sp³-hybridized carbons (Fsp3) is 0.235. The molecule has 0 radical (unpaired) electrons. The van der Waals surface area contributed by atoms with Crippen LogP contribution in [0.3, 0.4) is 0 Å². The summed E-state index contributed by atoms with van der Waals surface area (Å²) in [5.41, 5.74) is 10.1. The lowest BCUT2D eigenvalue weighted by Crippen LogP contribution is -2.12. The van der Waals surface area contributed by atoms with Gasteiger partial charge in [-0.15, -0.1) is 0 Å². The van der Waals surface area contributed by atoms with Gasteiger partial charge in [0.1, 0.15) is 17.3 Å². The van der Waals surface area contributed by atoms with Crippen molar-refractivity contribution in [1.82, 2.24) is 0 Å². The molecule has 1 aliphatic rings. The van der Waals surface area contributed by atoms with E-state index in [9.17, 15) is 0 Å². The first-order chi connectivity index (χ1) is 9.63. The molecule has 0 spiro atoms. The first-order valence-corrected chi connectivity index (χ1v) is 6.88. The minimum absolute atomic E-state index is 0.0289. The summed E-state index contributed by atoms with van der Waals surface area (Å²) in [5, 5.41) is 7.63. The lowest BCUT2D eigenvalue weighted by atomic mass is 10.1. The van der Waals surface area contributed by atoms with Gasteiger partial charge in [-0.25, -0.2) is 0 Å². The Kier molecular flexibility index (Phi) is 3.18. The van der Waals surface area contributed by atoms with Crippen molar-refractivity contribution in [2.24, 2.45) is 5.73 Å². The van der Waals surface area contributed by atoms with Gasteiger partial charge in [0, 0.05) is 0 Å². The molecular formula is C17H18N2O. The molecular weight excluding hydrogens is 248 g/mol. The van der Waals surface area contributed by atoms with Crippen molar-refractivity contribution in [3.63, 3.8) is 0 Å². The Bertz CT molecular complexity index is 677. The van der Waals surface area contributed by atoms with Crippen LogP contribution in [-0.2, 0) is 12.8 Å². The average Bonchev–Trinajstić information content (AvgIpc) is 2.85. The highest BCUT2D eigenvalue weighted by atomic mass is 16.5. The van der Waals surface area contributed by atoms with Crippen LogP contribution in [0.15, 0.2) is 36.4 Å². The molecule has 0 aliphatic heterocycles. The topological polar surface area (TPSA) is 59.1 Å². The summed E-state index contributed by atoms with van der Waals surface area (Å²) < 4.78 is 5.96. The second kappa shape index (κ2) is 5.00. The molecule has 0 bridgehead atoms. The maximum absolute atomic E-state index is 7.63. The highest BCUT2D eigenvalue weighted by Gasteiger charge is 2.13. The third-order valence-corrected chi connectivity index (χ3v) is 3.73. The summed E-state index contributed by atoms with van der Waals surface area (Å²) in [5.74, 6) is 1.50. The highest BCUT2D eigenvalue weighted by molar-refractivity contribution is 5.97. The maximum Gasteiger partial charge on any atom is 0.138 e. The van der Waals surface area contributed by atoms with Gasteiger partial charge in [0.15, 0.2) is 0 Å². The van der Waals surface area contributed by atoms with E-state index in [2.05, 4.69) is 12.1 Å². The largest absolute Gasteiger partial charge is 0.457 e. The number of rotatable bonds is 3. The molecule has 0 fully saturated rings. The number of nitrogen functional groups attached to an aromatic ring is 1. The molecule has 2 aromatic rings. The number of aryl methyl sites for hydroxylation is 3. The molecule has 3 N–H and O–H groups in total. The maximum atomic E-state index is 7.63. The van der Waals surface area contributed by atoms with Crippen LogP contribution in [0.2, 0.25) is 0 Å². The number of nitrogens with two attached hydrogens (primary N) is 1. The van der Waals surface area contributed by atoms with Crippen molar-refractivity contribution < 1.29 is 4.74 Å². The summed E-state index contributed by atoms with van der Waals surface area (Å²) >= 11 is 0. The van der Waals surface area contributed by atoms with Crippen LogP contribution in [-0.4, -0.2) is 5.84 Å². The predicted octanol–water partition coefficient (Wildman–Crippen LogP) is 3.56. The second-order valence-corrected chi connectivity index (χ2v) is 5.30. The van der Waals surface area contributed by atoms with E-state index in [0.717, 1.165) is 17.7 Å². The normalized spacial score (nSPS) is 13.1. The van der Waals surface area contributed by atoms with Crippen molar-refractivity contribution in [1.29, 1.82) is 5.41 Å². The van der Waals surface area contributed by atoms with Gasteiger partial charge < -0.3 is 10.5 Å². The molecule has 2 aromatic carbocycles. The molecule has 20 heavy (non-hydrogen) atoms. The smallest absolute Gasteiger partial charge is 0.138 e. The van der Waals surface area contributed by atoms with Crippen LogP contribution in [0.25, 0.3) is 0 Å². The van der Waals surface area contributed by atoms with Crippen molar-refractivity contribution >= 4 is 5.84 Å². The Hall–Kier alpha value is -2.29. The third kappa shape index (κ3) is 2.39. The summed E-state index contributed by atoms with van der Waals surface area (Å²) in [6, 6.07) is 11.9. The minimum Gasteiger partial charge on any atom is -0.457 e. The Morgan fingerprint density at radius 3 is 2.70 bits per heavy atom. The van der Waals surface area contributed by atoms with Crippen LogP contribution in [0, 0.1) is 12.3 Å².